The molecule has 0 rings (SSSR count). The molecule has 0 aromatic carbocycles. The average molecular weight is 499 g/mol. The van der Waals surface area contributed by atoms with Crippen LogP contribution in [0.2, 0.25) is 0 Å². The van der Waals surface area contributed by atoms with Crippen molar-refractivity contribution >= 4 is 0 Å². The molecule has 9 heavy (non-hydrogen) atoms. The van der Waals surface area contributed by atoms with Gasteiger partial charge in [-0.15, -0.1) is 0 Å². The van der Waals surface area contributed by atoms with Crippen LogP contribution in [0.15, 0.2) is 0 Å². The van der Waals surface area contributed by atoms with Crippen molar-refractivity contribution in [1.82, 2.24) is 0 Å². The van der Waals surface area contributed by atoms with E-state index in [1.54, 1.807) is 0 Å². The molecule has 0 aromatic heterocycles. The van der Waals surface area contributed by atoms with Gasteiger partial charge in [-0.1, -0.05) is 0 Å². The monoisotopic (exact) mass is 500 g/mol. The smallest absolute Gasteiger partial charge is 0 e. The number of hydrogen-bond acceptors (Lipinski definition) is 0. The van der Waals surface area contributed by atoms with Crippen LogP contribution in [0.3, 0.4) is 0 Å². The molecule has 0 aliphatic rings. The molecule has 0 aromatic rings. The zero-order valence-corrected chi connectivity index (χ0v) is 9.69. The van der Waals surface area contributed by atoms with Crippen molar-refractivity contribution < 1.29 is 79.2 Å². The Labute approximate surface area is 79.3 Å². The van der Waals surface area contributed by atoms with Crippen molar-refractivity contribution in [3.8, 4) is 0 Å². The van der Waals surface area contributed by atoms with Crippen molar-refractivity contribution in [2.75, 3.05) is 0 Å². The second kappa shape index (κ2) is 536. The fraction of sp³-hybridized carbons (Fsp3) is 0. The molecule has 0 spiro atoms. The van der Waals surface area contributed by atoms with Crippen molar-refractivity contribution in [2.24, 2.45) is 0 Å². The van der Waals surface area contributed by atoms with E-state index in [1.165, 1.54) is 0 Å². The van der Waals surface area contributed by atoms with Gasteiger partial charge >= 0.3 is 0 Å². The summed E-state index contributed by atoms with van der Waals surface area (Å²) in [5.41, 5.74) is 0. The van der Waals surface area contributed by atoms with Gasteiger partial charge in [-0.3, -0.25) is 0 Å². The molecule has 2 radical (unpaired) electrons. The topological polar surface area (TPSA) is 220 Å². The van der Waals surface area contributed by atoms with Gasteiger partial charge in [0, 0.05) is 40.8 Å². The Bertz CT molecular complexity index is 6.88. The van der Waals surface area contributed by atoms with Gasteiger partial charge in [0.05, 0.1) is 0 Å². The van der Waals surface area contributed by atoms with Crippen molar-refractivity contribution in [3.63, 3.8) is 0 Å². The minimum absolute atomic E-state index is 0. The van der Waals surface area contributed by atoms with Gasteiger partial charge < -0.3 is 38.3 Å². The predicted octanol–water partition coefficient (Wildman–Crippen LogP) is -5.78. The molecule has 0 aliphatic carbocycles. The quantitative estimate of drug-likeness (QED) is 0.305. The Morgan fingerprint density at radius 2 is 0.222 bits per heavy atom. The molecule has 0 unspecified atom stereocenters. The molecule has 9 heteroatoms. The summed E-state index contributed by atoms with van der Waals surface area (Å²) < 4.78 is 0. The van der Waals surface area contributed by atoms with Crippen molar-refractivity contribution in [1.29, 1.82) is 0 Å². The fourth-order valence-electron chi connectivity index (χ4n) is 0. The van der Waals surface area contributed by atoms with Crippen LogP contribution in [-0.4, -0.2) is 38.3 Å². The van der Waals surface area contributed by atoms with Crippen LogP contribution in [0.25, 0.3) is 0 Å². The van der Waals surface area contributed by atoms with Gasteiger partial charge in [-0.2, -0.15) is 0 Å². The Kier molecular flexibility index (Phi) is 44900. The molecular weight excluding hydrogens is 484 g/mol. The molecule has 0 fully saturated rings. The summed E-state index contributed by atoms with van der Waals surface area (Å²) in [7, 11) is 0. The summed E-state index contributed by atoms with van der Waals surface area (Å²) in [6.07, 6.45) is 0. The molecule has 14 N–H and O–H groups in total. The van der Waals surface area contributed by atoms with Gasteiger partial charge in [-0.05, 0) is 0 Å². The molecule has 0 aliphatic heterocycles. The third-order valence-corrected chi connectivity index (χ3v) is 0. The SMILES string of the molecule is O.O.O.O.O.O.O.[Re].[Re]. The van der Waals surface area contributed by atoms with Crippen molar-refractivity contribution in [2.45, 2.75) is 0 Å². The summed E-state index contributed by atoms with van der Waals surface area (Å²) in [6.45, 7) is 0. The van der Waals surface area contributed by atoms with Crippen LogP contribution >= 0.6 is 0 Å². The van der Waals surface area contributed by atoms with Crippen LogP contribution in [0.5, 0.6) is 0 Å². The molecule has 7 nitrogen and oxygen atoms in total. The van der Waals surface area contributed by atoms with Crippen LogP contribution in [0.1, 0.15) is 0 Å². The molecule has 0 amide bonds. The van der Waals surface area contributed by atoms with Crippen LogP contribution in [-0.2, 0) is 40.8 Å². The Morgan fingerprint density at radius 3 is 0.222 bits per heavy atom. The third-order valence-electron chi connectivity index (χ3n) is 0. The second-order valence-corrected chi connectivity index (χ2v) is 0. The van der Waals surface area contributed by atoms with E-state index in [2.05, 4.69) is 0 Å². The van der Waals surface area contributed by atoms with Crippen LogP contribution < -0.4 is 0 Å². The number of hydrogen-bond donors (Lipinski definition) is 0. The van der Waals surface area contributed by atoms with E-state index in [0.29, 0.717) is 0 Å². The first-order valence-electron chi connectivity index (χ1n) is 0. The van der Waals surface area contributed by atoms with E-state index >= 15 is 0 Å². The van der Waals surface area contributed by atoms with E-state index in [1.807, 2.05) is 0 Å². The summed E-state index contributed by atoms with van der Waals surface area (Å²) in [6, 6.07) is 0. The average Bonchev–Trinajstić information content (AvgIpc) is 0. The summed E-state index contributed by atoms with van der Waals surface area (Å²) >= 11 is 0. The van der Waals surface area contributed by atoms with Crippen LogP contribution in [0, 0.1) is 0 Å². The van der Waals surface area contributed by atoms with Gasteiger partial charge in [0.25, 0.3) is 0 Å². The largest absolute Gasteiger partial charge is 0.412 e. The first-order chi connectivity index (χ1) is 0. The van der Waals surface area contributed by atoms with E-state index in [-0.39, 0.29) is 79.2 Å². The number of rotatable bonds is 0. The van der Waals surface area contributed by atoms with Gasteiger partial charge in [0.1, 0.15) is 0 Å². The minimum Gasteiger partial charge on any atom is -0.412 e. The molecule has 70 valence electrons. The maximum atomic E-state index is 0. The predicted molar refractivity (Wildman–Crippen MR) is 25.3 cm³/mol. The zero-order valence-electron chi connectivity index (χ0n) is 4.26. The molecule has 0 saturated heterocycles. The summed E-state index contributed by atoms with van der Waals surface area (Å²) in [5.74, 6) is 0. The zero-order chi connectivity index (χ0) is 0. The maximum absolute atomic E-state index is 0. The third kappa shape index (κ3) is 411. The molecular formula is H14O7Re2. The molecule has 0 bridgehead atoms. The van der Waals surface area contributed by atoms with E-state index in [0.717, 1.165) is 0 Å². The van der Waals surface area contributed by atoms with E-state index in [9.17, 15) is 0 Å². The normalized spacial score (nSPS) is 0. The van der Waals surface area contributed by atoms with Crippen molar-refractivity contribution in [3.05, 3.63) is 0 Å². The fourth-order valence-corrected chi connectivity index (χ4v) is 0. The molecule has 0 heterocycles. The van der Waals surface area contributed by atoms with Gasteiger partial charge in [0.2, 0.25) is 0 Å². The first kappa shape index (κ1) is 753. The molecule has 0 atom stereocenters. The summed E-state index contributed by atoms with van der Waals surface area (Å²) in [5, 5.41) is 0. The Hall–Kier alpha value is 1.04. The minimum atomic E-state index is 0. The Morgan fingerprint density at radius 1 is 0.222 bits per heavy atom. The summed E-state index contributed by atoms with van der Waals surface area (Å²) in [4.78, 5) is 0. The molecule has 0 saturated carbocycles. The van der Waals surface area contributed by atoms with E-state index in [4.69, 9.17) is 0 Å². The van der Waals surface area contributed by atoms with E-state index < -0.39 is 0 Å². The standard InChI is InChI=1S/7H2O.2Re/h7*1H2;;. The first-order valence-corrected chi connectivity index (χ1v) is 0. The van der Waals surface area contributed by atoms with Gasteiger partial charge in [-0.25, -0.2) is 0 Å². The maximum Gasteiger partial charge on any atom is 0 e. The van der Waals surface area contributed by atoms with Gasteiger partial charge in [0.15, 0.2) is 0 Å². The Balaban J connectivity index is 0. The van der Waals surface area contributed by atoms with Crippen LogP contribution in [0.4, 0.5) is 0 Å². The second-order valence-electron chi connectivity index (χ2n) is 0.